The number of carbonyl (C=O) groups is 2. The Hall–Kier alpha value is -2.03. The number of allylic oxidation sites excluding steroid dienone is 1. The smallest absolute Gasteiger partial charge is 0.330 e. The first-order valence-corrected chi connectivity index (χ1v) is 15.5. The van der Waals surface area contributed by atoms with E-state index in [4.69, 9.17) is 18.9 Å². The van der Waals surface area contributed by atoms with Gasteiger partial charge < -0.3 is 23.8 Å². The number of benzene rings is 1. The summed E-state index contributed by atoms with van der Waals surface area (Å²) in [6.45, 7) is 4.49. The van der Waals surface area contributed by atoms with Gasteiger partial charge in [0.05, 0.1) is 13.2 Å². The van der Waals surface area contributed by atoms with Gasteiger partial charge >= 0.3 is 5.97 Å². The molecule has 1 aromatic carbocycles. The van der Waals surface area contributed by atoms with Crippen molar-refractivity contribution in [2.45, 2.75) is 115 Å². The van der Waals surface area contributed by atoms with Crippen LogP contribution in [0, 0.1) is 0 Å². The van der Waals surface area contributed by atoms with Crippen LogP contribution in [0.15, 0.2) is 35.9 Å². The van der Waals surface area contributed by atoms with Gasteiger partial charge in [-0.15, -0.1) is 0 Å². The molecule has 2 fully saturated rings. The van der Waals surface area contributed by atoms with E-state index in [9.17, 15) is 9.59 Å². The highest BCUT2D eigenvalue weighted by Crippen LogP contribution is 2.49. The molecule has 0 spiro atoms. The number of amides is 1. The second-order valence-electron chi connectivity index (χ2n) is 11.5. The van der Waals surface area contributed by atoms with Crippen LogP contribution in [-0.4, -0.2) is 59.6 Å². The fraction of sp³-hybridized carbons (Fsp3) is 0.677. The Morgan fingerprint density at radius 2 is 1.69 bits per heavy atom. The molecule has 216 valence electrons. The molecule has 0 unspecified atom stereocenters. The summed E-state index contributed by atoms with van der Waals surface area (Å²) in [5, 5.41) is -0.00275. The number of nitrogens with zero attached hydrogens (tertiary/aromatic N) is 1. The lowest BCUT2D eigenvalue weighted by Gasteiger charge is -2.53. The van der Waals surface area contributed by atoms with Gasteiger partial charge in [-0.05, 0) is 50.8 Å². The minimum atomic E-state index is -1.10. The number of carbonyl (C=O) groups excluding carboxylic acids is 2. The predicted molar refractivity (Wildman–Crippen MR) is 154 cm³/mol. The predicted octanol–water partition coefficient (Wildman–Crippen LogP) is 7.03. The molecule has 8 heteroatoms. The Morgan fingerprint density at radius 3 is 2.38 bits per heavy atom. The average Bonchev–Trinajstić information content (AvgIpc) is 3.21. The summed E-state index contributed by atoms with van der Waals surface area (Å²) in [7, 11) is 3.29. The van der Waals surface area contributed by atoms with Crippen LogP contribution in [-0.2, 0) is 25.5 Å². The van der Waals surface area contributed by atoms with E-state index in [1.54, 1.807) is 20.3 Å². The SMILES string of the molecule is COc1ccc(CN2C(=O)SC[C@@]2(C)[C@@]2(OC)C[C@H]3C[C@@H](CCCCCCCCC/C(C)=C\C(=O)O3)O2)cc1. The van der Waals surface area contributed by atoms with Crippen molar-refractivity contribution in [3.8, 4) is 5.75 Å². The summed E-state index contributed by atoms with van der Waals surface area (Å²) in [4.78, 5) is 28.1. The fourth-order valence-corrected chi connectivity index (χ4v) is 7.37. The van der Waals surface area contributed by atoms with Crippen molar-refractivity contribution in [3.63, 3.8) is 0 Å². The Morgan fingerprint density at radius 1 is 1.00 bits per heavy atom. The molecule has 3 heterocycles. The van der Waals surface area contributed by atoms with E-state index in [1.165, 1.54) is 43.9 Å². The summed E-state index contributed by atoms with van der Waals surface area (Å²) in [5.41, 5.74) is 1.31. The molecule has 3 aliphatic rings. The minimum Gasteiger partial charge on any atom is -0.497 e. The molecular weight excluding hydrogens is 514 g/mol. The normalized spacial score (nSPS) is 32.8. The van der Waals surface area contributed by atoms with E-state index in [0.717, 1.165) is 42.6 Å². The lowest BCUT2D eigenvalue weighted by Crippen LogP contribution is -2.67. The Kier molecular flexibility index (Phi) is 10.4. The fourth-order valence-electron chi connectivity index (χ4n) is 6.17. The van der Waals surface area contributed by atoms with E-state index in [1.807, 2.05) is 36.1 Å². The molecule has 0 N–H and O–H groups in total. The molecule has 0 saturated carbocycles. The number of ether oxygens (including phenoxy) is 4. The number of esters is 1. The summed E-state index contributed by atoms with van der Waals surface area (Å²) in [6.07, 6.45) is 12.2. The molecular formula is C31H45NO6S. The van der Waals surface area contributed by atoms with Gasteiger partial charge in [0, 0.05) is 38.3 Å². The minimum absolute atomic E-state index is 0.00275. The lowest BCUT2D eigenvalue weighted by atomic mass is 9.82. The van der Waals surface area contributed by atoms with Crippen LogP contribution in [0.2, 0.25) is 0 Å². The van der Waals surface area contributed by atoms with Gasteiger partial charge in [0.2, 0.25) is 0 Å². The van der Waals surface area contributed by atoms with E-state index in [0.29, 0.717) is 25.1 Å². The highest BCUT2D eigenvalue weighted by Gasteiger charge is 2.62. The molecule has 7 nitrogen and oxygen atoms in total. The van der Waals surface area contributed by atoms with Crippen LogP contribution in [0.4, 0.5) is 4.79 Å². The van der Waals surface area contributed by atoms with E-state index in [-0.39, 0.29) is 23.4 Å². The van der Waals surface area contributed by atoms with Crippen LogP contribution in [0.3, 0.4) is 0 Å². The van der Waals surface area contributed by atoms with Gasteiger partial charge in [0.15, 0.2) is 5.79 Å². The van der Waals surface area contributed by atoms with Crippen LogP contribution in [0.25, 0.3) is 0 Å². The summed E-state index contributed by atoms with van der Waals surface area (Å²) >= 11 is 1.29. The van der Waals surface area contributed by atoms with Crippen molar-refractivity contribution < 1.29 is 28.5 Å². The molecule has 0 radical (unpaired) electrons. The van der Waals surface area contributed by atoms with Crippen LogP contribution in [0.5, 0.6) is 5.75 Å². The van der Waals surface area contributed by atoms with Crippen LogP contribution in [0.1, 0.15) is 90.0 Å². The topological polar surface area (TPSA) is 74.3 Å². The van der Waals surface area contributed by atoms with Crippen molar-refractivity contribution in [1.82, 2.24) is 4.90 Å². The number of hydrogen-bond donors (Lipinski definition) is 0. The van der Waals surface area contributed by atoms with Gasteiger partial charge in [-0.3, -0.25) is 4.79 Å². The maximum atomic E-state index is 13.3. The highest BCUT2D eigenvalue weighted by atomic mass is 32.2. The van der Waals surface area contributed by atoms with Crippen molar-refractivity contribution in [2.75, 3.05) is 20.0 Å². The highest BCUT2D eigenvalue weighted by molar-refractivity contribution is 8.13. The molecule has 0 aliphatic carbocycles. The molecule has 4 rings (SSSR count). The molecule has 2 saturated heterocycles. The van der Waals surface area contributed by atoms with E-state index >= 15 is 0 Å². The quantitative estimate of drug-likeness (QED) is 0.359. The van der Waals surface area contributed by atoms with Crippen molar-refractivity contribution in [2.24, 2.45) is 0 Å². The van der Waals surface area contributed by atoms with Crippen LogP contribution >= 0.6 is 11.8 Å². The molecule has 1 amide bonds. The van der Waals surface area contributed by atoms with Gasteiger partial charge in [-0.25, -0.2) is 4.79 Å². The van der Waals surface area contributed by atoms with Crippen molar-refractivity contribution in [1.29, 1.82) is 0 Å². The van der Waals surface area contributed by atoms with Crippen LogP contribution < -0.4 is 4.74 Å². The second kappa shape index (κ2) is 13.6. The van der Waals surface area contributed by atoms with E-state index in [2.05, 4.69) is 6.92 Å². The first-order chi connectivity index (χ1) is 18.8. The molecule has 39 heavy (non-hydrogen) atoms. The summed E-state index contributed by atoms with van der Waals surface area (Å²) in [6, 6.07) is 7.77. The lowest BCUT2D eigenvalue weighted by molar-refractivity contribution is -0.327. The number of methoxy groups -OCH3 is 2. The standard InChI is InChI=1S/C31H45NO6S/c1-23-12-10-8-6-5-7-9-11-13-26-19-27(37-28(33)18-23)20-31(36-4,38-26)30(2)22-39-29(34)32(30)21-24-14-16-25(35-3)17-15-24/h14-18,26-27H,5-13,19-22H2,1-4H3/b23-18-/t26-,27-,30+,31-/m1/s1. The third kappa shape index (κ3) is 7.19. The second-order valence-corrected chi connectivity index (χ2v) is 12.4. The zero-order valence-electron chi connectivity index (χ0n) is 24.0. The number of rotatable bonds is 5. The maximum absolute atomic E-state index is 13.3. The van der Waals surface area contributed by atoms with Gasteiger partial charge in [0.1, 0.15) is 17.4 Å². The molecule has 4 atom stereocenters. The number of fused-ring (bicyclic) bond motifs is 2. The first-order valence-electron chi connectivity index (χ1n) is 14.5. The Labute approximate surface area is 238 Å². The molecule has 0 aromatic heterocycles. The number of hydrogen-bond acceptors (Lipinski definition) is 7. The zero-order chi connectivity index (χ0) is 27.9. The summed E-state index contributed by atoms with van der Waals surface area (Å²) in [5.74, 6) is -0.0958. The maximum Gasteiger partial charge on any atom is 0.330 e. The van der Waals surface area contributed by atoms with Crippen molar-refractivity contribution in [3.05, 3.63) is 41.5 Å². The zero-order valence-corrected chi connectivity index (χ0v) is 24.9. The third-order valence-electron chi connectivity index (χ3n) is 8.57. The van der Waals surface area contributed by atoms with Gasteiger partial charge in [-0.1, -0.05) is 68.0 Å². The Bertz CT molecular complexity index is 1010. The summed E-state index contributed by atoms with van der Waals surface area (Å²) < 4.78 is 24.5. The third-order valence-corrected chi connectivity index (χ3v) is 9.74. The molecule has 2 bridgehead atoms. The van der Waals surface area contributed by atoms with Gasteiger partial charge in [-0.2, -0.15) is 0 Å². The van der Waals surface area contributed by atoms with E-state index < -0.39 is 11.3 Å². The largest absolute Gasteiger partial charge is 0.497 e. The van der Waals surface area contributed by atoms with Crippen molar-refractivity contribution >= 4 is 23.0 Å². The first kappa shape index (κ1) is 29.9. The average molecular weight is 560 g/mol. The monoisotopic (exact) mass is 559 g/mol. The van der Waals surface area contributed by atoms with Gasteiger partial charge in [0.25, 0.3) is 5.24 Å². The Balaban J connectivity index is 1.60. The molecule has 3 aliphatic heterocycles. The number of thioether (sulfide) groups is 1. The molecule has 1 aromatic rings.